The van der Waals surface area contributed by atoms with Crippen molar-refractivity contribution in [3.05, 3.63) is 29.8 Å². The van der Waals surface area contributed by atoms with E-state index in [0.717, 1.165) is 12.8 Å². The van der Waals surface area contributed by atoms with Crippen molar-refractivity contribution in [2.45, 2.75) is 31.6 Å². The SMILES string of the molecule is CCN(CC)C(=O)COC(=O)c1cccc(S(=O)(=O)N2CCCC2)c1. The fourth-order valence-corrected chi connectivity index (χ4v) is 4.30. The maximum absolute atomic E-state index is 12.6. The average molecular weight is 368 g/mol. The van der Waals surface area contributed by atoms with Gasteiger partial charge in [0.05, 0.1) is 10.5 Å². The van der Waals surface area contributed by atoms with Crippen LogP contribution in [0.15, 0.2) is 29.2 Å². The van der Waals surface area contributed by atoms with Gasteiger partial charge >= 0.3 is 5.97 Å². The molecule has 2 rings (SSSR count). The maximum atomic E-state index is 12.6. The van der Waals surface area contributed by atoms with Crippen molar-refractivity contribution in [1.82, 2.24) is 9.21 Å². The Balaban J connectivity index is 2.08. The number of carbonyl (C=O) groups excluding carboxylic acids is 2. The Kier molecular flexibility index (Phi) is 6.55. The summed E-state index contributed by atoms with van der Waals surface area (Å²) in [5, 5.41) is 0. The molecule has 0 atom stereocenters. The van der Waals surface area contributed by atoms with Gasteiger partial charge in [-0.1, -0.05) is 6.07 Å². The third-order valence-electron chi connectivity index (χ3n) is 4.22. The number of hydrogen-bond donors (Lipinski definition) is 0. The molecule has 1 saturated heterocycles. The molecule has 1 aromatic carbocycles. The first kappa shape index (κ1) is 19.4. The number of sulfonamides is 1. The molecule has 8 heteroatoms. The van der Waals surface area contributed by atoms with Crippen LogP contribution < -0.4 is 0 Å². The number of likely N-dealkylation sites (N-methyl/N-ethyl adjacent to an activating group) is 1. The van der Waals surface area contributed by atoms with E-state index < -0.39 is 16.0 Å². The zero-order valence-corrected chi connectivity index (χ0v) is 15.4. The van der Waals surface area contributed by atoms with Gasteiger partial charge in [-0.3, -0.25) is 4.79 Å². The van der Waals surface area contributed by atoms with Crippen molar-refractivity contribution >= 4 is 21.9 Å². The molecule has 0 spiro atoms. The van der Waals surface area contributed by atoms with Crippen LogP contribution >= 0.6 is 0 Å². The standard InChI is InChI=1S/C17H24N2O5S/c1-3-18(4-2)16(20)13-24-17(21)14-8-7-9-15(12-14)25(22,23)19-10-5-6-11-19/h7-9,12H,3-6,10-11,13H2,1-2H3. The molecule has 0 saturated carbocycles. The second-order valence-corrected chi connectivity index (χ2v) is 7.72. The Labute approximate surface area is 148 Å². The molecule has 0 bridgehead atoms. The molecule has 1 aliphatic rings. The number of hydrogen-bond acceptors (Lipinski definition) is 5. The van der Waals surface area contributed by atoms with E-state index in [4.69, 9.17) is 4.74 Å². The minimum atomic E-state index is -3.60. The maximum Gasteiger partial charge on any atom is 0.338 e. The predicted octanol–water partition coefficient (Wildman–Crippen LogP) is 1.50. The molecular weight excluding hydrogens is 344 g/mol. The molecule has 0 aliphatic carbocycles. The topological polar surface area (TPSA) is 84.0 Å². The summed E-state index contributed by atoms with van der Waals surface area (Å²) in [4.78, 5) is 25.7. The van der Waals surface area contributed by atoms with Crippen LogP contribution in [0, 0.1) is 0 Å². The molecule has 0 radical (unpaired) electrons. The van der Waals surface area contributed by atoms with Gasteiger partial charge in [0, 0.05) is 26.2 Å². The third kappa shape index (κ3) is 4.58. The minimum Gasteiger partial charge on any atom is -0.452 e. The molecule has 0 aromatic heterocycles. The lowest BCUT2D eigenvalue weighted by molar-refractivity contribution is -0.134. The van der Waals surface area contributed by atoms with Crippen molar-refractivity contribution < 1.29 is 22.7 Å². The largest absolute Gasteiger partial charge is 0.452 e. The number of rotatable bonds is 7. The molecule has 138 valence electrons. The van der Waals surface area contributed by atoms with Crippen LogP contribution in [0.4, 0.5) is 0 Å². The summed E-state index contributed by atoms with van der Waals surface area (Å²) in [6.07, 6.45) is 1.68. The first-order valence-electron chi connectivity index (χ1n) is 8.45. The fraction of sp³-hybridized carbons (Fsp3) is 0.529. The summed E-state index contributed by atoms with van der Waals surface area (Å²) in [5.74, 6) is -0.988. The van der Waals surface area contributed by atoms with E-state index in [1.807, 2.05) is 13.8 Å². The average Bonchev–Trinajstić information content (AvgIpc) is 3.16. The normalized spacial score (nSPS) is 15.1. The first-order chi connectivity index (χ1) is 11.9. The Bertz CT molecular complexity index is 722. The van der Waals surface area contributed by atoms with Gasteiger partial charge in [-0.25, -0.2) is 13.2 Å². The molecule has 25 heavy (non-hydrogen) atoms. The molecule has 1 fully saturated rings. The summed E-state index contributed by atoms with van der Waals surface area (Å²) in [6, 6.07) is 5.75. The monoisotopic (exact) mass is 368 g/mol. The first-order valence-corrected chi connectivity index (χ1v) is 9.89. The number of amides is 1. The van der Waals surface area contributed by atoms with E-state index in [1.165, 1.54) is 28.6 Å². The van der Waals surface area contributed by atoms with Gasteiger partial charge in [-0.05, 0) is 44.9 Å². The highest BCUT2D eigenvalue weighted by atomic mass is 32.2. The molecular formula is C17H24N2O5S. The lowest BCUT2D eigenvalue weighted by atomic mass is 10.2. The van der Waals surface area contributed by atoms with Crippen LogP contribution in [-0.4, -0.2) is 62.3 Å². The van der Waals surface area contributed by atoms with Gasteiger partial charge < -0.3 is 9.64 Å². The molecule has 1 aromatic rings. The summed E-state index contributed by atoms with van der Waals surface area (Å²) in [5.41, 5.74) is 0.118. The van der Waals surface area contributed by atoms with Crippen LogP contribution in [0.5, 0.6) is 0 Å². The van der Waals surface area contributed by atoms with E-state index in [9.17, 15) is 18.0 Å². The third-order valence-corrected chi connectivity index (χ3v) is 6.11. The van der Waals surface area contributed by atoms with Gasteiger partial charge in [-0.15, -0.1) is 0 Å². The van der Waals surface area contributed by atoms with Crippen molar-refractivity contribution in [2.75, 3.05) is 32.8 Å². The Morgan fingerprint density at radius 1 is 1.16 bits per heavy atom. The summed E-state index contributed by atoms with van der Waals surface area (Å²) >= 11 is 0. The van der Waals surface area contributed by atoms with Gasteiger partial charge in [0.2, 0.25) is 10.0 Å². The van der Waals surface area contributed by atoms with Gasteiger partial charge in [0.15, 0.2) is 6.61 Å². The molecule has 1 aliphatic heterocycles. The van der Waals surface area contributed by atoms with Gasteiger partial charge in [0.25, 0.3) is 5.91 Å². The van der Waals surface area contributed by atoms with Gasteiger partial charge in [0.1, 0.15) is 0 Å². The summed E-state index contributed by atoms with van der Waals surface area (Å²) in [7, 11) is -3.60. The lowest BCUT2D eigenvalue weighted by Crippen LogP contribution is -2.34. The number of benzene rings is 1. The van der Waals surface area contributed by atoms with Crippen molar-refractivity contribution in [1.29, 1.82) is 0 Å². The summed E-state index contributed by atoms with van der Waals surface area (Å²) < 4.78 is 31.6. The van der Waals surface area contributed by atoms with E-state index in [1.54, 1.807) is 4.90 Å². The smallest absolute Gasteiger partial charge is 0.338 e. The number of nitrogens with zero attached hydrogens (tertiary/aromatic N) is 2. The van der Waals surface area contributed by atoms with E-state index in [2.05, 4.69) is 0 Å². The second-order valence-electron chi connectivity index (χ2n) is 5.78. The van der Waals surface area contributed by atoms with Crippen molar-refractivity contribution in [3.63, 3.8) is 0 Å². The zero-order chi connectivity index (χ0) is 18.4. The van der Waals surface area contributed by atoms with Crippen LogP contribution in [-0.2, 0) is 19.6 Å². The Morgan fingerprint density at radius 2 is 1.80 bits per heavy atom. The Morgan fingerprint density at radius 3 is 2.40 bits per heavy atom. The Hall–Kier alpha value is -1.93. The predicted molar refractivity (Wildman–Crippen MR) is 92.6 cm³/mol. The molecule has 7 nitrogen and oxygen atoms in total. The van der Waals surface area contributed by atoms with Crippen LogP contribution in [0.2, 0.25) is 0 Å². The fourth-order valence-electron chi connectivity index (χ4n) is 2.74. The quantitative estimate of drug-likeness (QED) is 0.681. The van der Waals surface area contributed by atoms with Crippen LogP contribution in [0.3, 0.4) is 0 Å². The molecule has 1 amide bonds. The zero-order valence-electron chi connectivity index (χ0n) is 14.6. The van der Waals surface area contributed by atoms with Crippen molar-refractivity contribution in [2.24, 2.45) is 0 Å². The van der Waals surface area contributed by atoms with Crippen LogP contribution in [0.25, 0.3) is 0 Å². The molecule has 0 unspecified atom stereocenters. The number of esters is 1. The lowest BCUT2D eigenvalue weighted by Gasteiger charge is -2.18. The highest BCUT2D eigenvalue weighted by Crippen LogP contribution is 2.21. The number of ether oxygens (including phenoxy) is 1. The summed E-state index contributed by atoms with van der Waals surface area (Å²) in [6.45, 7) is 5.40. The minimum absolute atomic E-state index is 0.0684. The van der Waals surface area contributed by atoms with Crippen molar-refractivity contribution in [3.8, 4) is 0 Å². The number of carbonyl (C=O) groups is 2. The molecule has 0 N–H and O–H groups in total. The molecule has 1 heterocycles. The van der Waals surface area contributed by atoms with Crippen LogP contribution in [0.1, 0.15) is 37.0 Å². The second kappa shape index (κ2) is 8.44. The van der Waals surface area contributed by atoms with E-state index in [0.29, 0.717) is 26.2 Å². The van der Waals surface area contributed by atoms with E-state index >= 15 is 0 Å². The highest BCUT2D eigenvalue weighted by Gasteiger charge is 2.27. The van der Waals surface area contributed by atoms with Gasteiger partial charge in [-0.2, -0.15) is 4.31 Å². The van der Waals surface area contributed by atoms with E-state index in [-0.39, 0.29) is 23.0 Å². The highest BCUT2D eigenvalue weighted by molar-refractivity contribution is 7.89.